The van der Waals surface area contributed by atoms with E-state index in [0.29, 0.717) is 0 Å². The van der Waals surface area contributed by atoms with Crippen LogP contribution in [-0.4, -0.2) is 17.5 Å². The summed E-state index contributed by atoms with van der Waals surface area (Å²) in [5.41, 5.74) is 5.82. The van der Waals surface area contributed by atoms with Crippen LogP contribution < -0.4 is 20.7 Å². The fourth-order valence-corrected chi connectivity index (χ4v) is 12.2. The van der Waals surface area contributed by atoms with E-state index in [9.17, 15) is 0 Å². The number of nitrogens with zero attached hydrogens (tertiary/aromatic N) is 2. The largest absolute Gasteiger partial charge is 0.283 e. The predicted octanol–water partition coefficient (Wildman–Crippen LogP) is 6.75. The summed E-state index contributed by atoms with van der Waals surface area (Å²) >= 11 is 1.75. The van der Waals surface area contributed by atoms with Gasteiger partial charge in [0.05, 0.1) is 21.3 Å². The van der Waals surface area contributed by atoms with Crippen LogP contribution in [0.2, 0.25) is 0 Å². The number of benzene rings is 6. The summed E-state index contributed by atoms with van der Waals surface area (Å²) in [5.74, 6) is 0. The molecule has 0 aliphatic carbocycles. The Kier molecular flexibility index (Phi) is 5.69. The van der Waals surface area contributed by atoms with Gasteiger partial charge in [0, 0.05) is 0 Å². The van der Waals surface area contributed by atoms with E-state index in [4.69, 9.17) is 4.98 Å². The van der Waals surface area contributed by atoms with E-state index < -0.39 is 8.07 Å². The molecule has 8 aromatic rings. The van der Waals surface area contributed by atoms with E-state index in [0.717, 1.165) is 16.0 Å². The summed E-state index contributed by atoms with van der Waals surface area (Å²) in [7, 11) is -2.59. The van der Waals surface area contributed by atoms with Gasteiger partial charge in [0.1, 0.15) is 0 Å². The van der Waals surface area contributed by atoms with E-state index in [1.165, 1.54) is 42.1 Å². The van der Waals surface area contributed by atoms with Gasteiger partial charge < -0.3 is 0 Å². The van der Waals surface area contributed by atoms with Gasteiger partial charge in [-0.2, -0.15) is 0 Å². The van der Waals surface area contributed by atoms with Gasteiger partial charge in [0.2, 0.25) is 0 Å². The van der Waals surface area contributed by atoms with Crippen LogP contribution in [0.1, 0.15) is 0 Å². The molecule has 0 spiro atoms. The average molecular weight is 559 g/mol. The van der Waals surface area contributed by atoms with E-state index in [1.807, 2.05) is 0 Å². The Hall–Kier alpha value is -4.77. The summed E-state index contributed by atoms with van der Waals surface area (Å²) in [5, 5.41) is 5.52. The normalized spacial score (nSPS) is 11.9. The molecular formula is C37H26N2SSi. The van der Waals surface area contributed by atoms with Crippen LogP contribution in [0, 0.1) is 0 Å². The van der Waals surface area contributed by atoms with Crippen molar-refractivity contribution < 1.29 is 0 Å². The number of hydrogen-bond acceptors (Lipinski definition) is 2. The zero-order valence-electron chi connectivity index (χ0n) is 22.3. The fraction of sp³-hybridized carbons (Fsp3) is 0. The summed E-state index contributed by atoms with van der Waals surface area (Å²) in [6, 6.07) is 57.8. The maximum atomic E-state index is 4.95. The molecule has 41 heavy (non-hydrogen) atoms. The molecule has 2 nitrogen and oxygen atoms in total. The zero-order valence-corrected chi connectivity index (χ0v) is 24.1. The van der Waals surface area contributed by atoms with Crippen LogP contribution in [0.25, 0.3) is 37.3 Å². The molecule has 194 valence electrons. The fourth-order valence-electron chi connectivity index (χ4n) is 6.36. The second-order valence-electron chi connectivity index (χ2n) is 10.4. The number of thiazole rings is 1. The van der Waals surface area contributed by atoms with Crippen molar-refractivity contribution in [3.05, 3.63) is 158 Å². The van der Waals surface area contributed by atoms with E-state index in [1.54, 1.807) is 11.3 Å². The molecule has 4 heteroatoms. The summed E-state index contributed by atoms with van der Waals surface area (Å²) in [4.78, 5) is 5.99. The van der Waals surface area contributed by atoms with Gasteiger partial charge in [0.15, 0.2) is 13.0 Å². The molecule has 0 N–H and O–H groups in total. The van der Waals surface area contributed by atoms with Crippen LogP contribution in [0.4, 0.5) is 0 Å². The van der Waals surface area contributed by atoms with Crippen molar-refractivity contribution in [2.75, 3.05) is 0 Å². The van der Waals surface area contributed by atoms with Crippen LogP contribution >= 0.6 is 11.3 Å². The minimum atomic E-state index is -2.59. The molecule has 0 saturated heterocycles. The van der Waals surface area contributed by atoms with Crippen molar-refractivity contribution in [3.8, 4) is 11.1 Å². The second-order valence-corrected chi connectivity index (χ2v) is 15.3. The van der Waals surface area contributed by atoms with E-state index in [2.05, 4.69) is 162 Å². The lowest BCUT2D eigenvalue weighted by Crippen LogP contribution is -2.74. The molecule has 0 aliphatic rings. The highest BCUT2D eigenvalue weighted by molar-refractivity contribution is 7.23. The number of aromatic nitrogens is 2. The van der Waals surface area contributed by atoms with Gasteiger partial charge in [0.25, 0.3) is 0 Å². The predicted molar refractivity (Wildman–Crippen MR) is 177 cm³/mol. The molecule has 0 radical (unpaired) electrons. The lowest BCUT2D eigenvalue weighted by atomic mass is 10.1. The first-order chi connectivity index (χ1) is 20.3. The minimum Gasteiger partial charge on any atom is -0.283 e. The molecule has 2 heterocycles. The Morgan fingerprint density at radius 1 is 0.463 bits per heavy atom. The van der Waals surface area contributed by atoms with Gasteiger partial charge in [-0.3, -0.25) is 4.40 Å². The van der Waals surface area contributed by atoms with Crippen LogP contribution in [0.15, 0.2) is 158 Å². The topological polar surface area (TPSA) is 17.3 Å². The smallest absolute Gasteiger partial charge is 0.195 e. The molecule has 0 fully saturated rings. The first kappa shape index (κ1) is 24.1. The number of fused-ring (bicyclic) bond motifs is 5. The third-order valence-electron chi connectivity index (χ3n) is 8.18. The third kappa shape index (κ3) is 3.80. The van der Waals surface area contributed by atoms with Crippen molar-refractivity contribution in [1.29, 1.82) is 0 Å². The Labute approximate surface area is 243 Å². The standard InChI is InChI=1S/C37H26N2SSi/c1-4-14-29(15-5-1)41(30-16-6-2-7-17-30,31-18-8-3-9-19-31)32-20-12-13-27(25-32)28-23-24-33-35(26-28)39-34-21-10-11-22-36(34)40-37(39)38-33/h1-26H. The van der Waals surface area contributed by atoms with Crippen LogP contribution in [0.3, 0.4) is 0 Å². The number of para-hydroxylation sites is 1. The minimum absolute atomic E-state index is 1.03. The molecule has 0 amide bonds. The Bertz CT molecular complexity index is 2050. The van der Waals surface area contributed by atoms with Crippen LogP contribution in [-0.2, 0) is 0 Å². The zero-order chi connectivity index (χ0) is 27.2. The molecule has 0 bridgehead atoms. The molecule has 0 atom stereocenters. The molecular weight excluding hydrogens is 533 g/mol. The Balaban J connectivity index is 1.38. The summed E-state index contributed by atoms with van der Waals surface area (Å²) in [6.45, 7) is 0. The first-order valence-corrected chi connectivity index (χ1v) is 16.7. The molecule has 0 unspecified atom stereocenters. The van der Waals surface area contributed by atoms with Gasteiger partial charge in [-0.1, -0.05) is 145 Å². The monoisotopic (exact) mass is 558 g/mol. The van der Waals surface area contributed by atoms with Gasteiger partial charge in [-0.15, -0.1) is 0 Å². The quantitative estimate of drug-likeness (QED) is 0.169. The molecule has 8 rings (SSSR count). The number of hydrogen-bond donors (Lipinski definition) is 0. The van der Waals surface area contributed by atoms with Crippen molar-refractivity contribution in [3.63, 3.8) is 0 Å². The number of imidazole rings is 1. The lowest BCUT2D eigenvalue weighted by Gasteiger charge is -2.34. The molecule has 0 aliphatic heterocycles. The summed E-state index contributed by atoms with van der Waals surface area (Å²) < 4.78 is 3.56. The second kappa shape index (κ2) is 9.70. The van der Waals surface area contributed by atoms with Crippen molar-refractivity contribution in [2.45, 2.75) is 0 Å². The van der Waals surface area contributed by atoms with Crippen LogP contribution in [0.5, 0.6) is 0 Å². The van der Waals surface area contributed by atoms with Crippen molar-refractivity contribution >= 4 is 66.4 Å². The lowest BCUT2D eigenvalue weighted by molar-refractivity contribution is 1.35. The molecule has 2 aromatic heterocycles. The average Bonchev–Trinajstić information content (AvgIpc) is 3.59. The van der Waals surface area contributed by atoms with Crippen molar-refractivity contribution in [2.24, 2.45) is 0 Å². The van der Waals surface area contributed by atoms with Gasteiger partial charge >= 0.3 is 0 Å². The Morgan fingerprint density at radius 2 is 1.02 bits per heavy atom. The van der Waals surface area contributed by atoms with Crippen molar-refractivity contribution in [1.82, 2.24) is 9.38 Å². The first-order valence-electron chi connectivity index (χ1n) is 13.9. The third-order valence-corrected chi connectivity index (χ3v) is 14.0. The SMILES string of the molecule is c1ccc([Si](c2ccccc2)(c2ccccc2)c2cccc(-c3ccc4nc5sc6ccccc6n5c4c3)c2)cc1. The highest BCUT2D eigenvalue weighted by atomic mass is 32.1. The van der Waals surface area contributed by atoms with Gasteiger partial charge in [-0.05, 0) is 56.1 Å². The highest BCUT2D eigenvalue weighted by Gasteiger charge is 2.41. The van der Waals surface area contributed by atoms with E-state index >= 15 is 0 Å². The maximum absolute atomic E-state index is 4.95. The molecule has 6 aromatic carbocycles. The number of rotatable bonds is 5. The van der Waals surface area contributed by atoms with E-state index in [-0.39, 0.29) is 0 Å². The van der Waals surface area contributed by atoms with Gasteiger partial charge in [-0.25, -0.2) is 4.98 Å². The molecule has 0 saturated carbocycles. The Morgan fingerprint density at radius 3 is 1.68 bits per heavy atom. The summed E-state index contributed by atoms with van der Waals surface area (Å²) in [6.07, 6.45) is 0. The highest BCUT2D eigenvalue weighted by Crippen LogP contribution is 2.32. The maximum Gasteiger partial charge on any atom is 0.195 e.